The smallest absolute Gasteiger partial charge is 0.256 e. The van der Waals surface area contributed by atoms with Gasteiger partial charge in [0.2, 0.25) is 5.91 Å². The average molecular weight is 334 g/mol. The lowest BCUT2D eigenvalue weighted by Gasteiger charge is -2.37. The number of carbonyl (C=O) groups excluding carboxylic acids is 2. The van der Waals surface area contributed by atoms with Crippen LogP contribution in [0.5, 0.6) is 0 Å². The summed E-state index contributed by atoms with van der Waals surface area (Å²) < 4.78 is 13.7. The second-order valence-electron chi connectivity index (χ2n) is 6.60. The Morgan fingerprint density at radius 1 is 0.958 bits per heavy atom. The van der Waals surface area contributed by atoms with E-state index in [2.05, 4.69) is 0 Å². The molecule has 0 radical (unpaired) electrons. The highest BCUT2D eigenvalue weighted by atomic mass is 19.1. The van der Waals surface area contributed by atoms with E-state index in [1.165, 1.54) is 12.1 Å². The molecule has 1 aliphatic heterocycles. The van der Waals surface area contributed by atoms with E-state index in [-0.39, 0.29) is 29.4 Å². The van der Waals surface area contributed by atoms with E-state index < -0.39 is 5.82 Å². The van der Waals surface area contributed by atoms with Crippen LogP contribution in [0.1, 0.15) is 36.0 Å². The Hall–Kier alpha value is -1.95. The summed E-state index contributed by atoms with van der Waals surface area (Å²) in [4.78, 5) is 28.3. The van der Waals surface area contributed by atoms with Gasteiger partial charge in [0.15, 0.2) is 0 Å². The highest BCUT2D eigenvalue weighted by molar-refractivity contribution is 5.94. The van der Waals surface area contributed by atoms with Crippen LogP contribution in [0.2, 0.25) is 0 Å². The number of benzene rings is 1. The maximum Gasteiger partial charge on any atom is 0.256 e. The maximum absolute atomic E-state index is 13.7. The minimum Gasteiger partial charge on any atom is -0.393 e. The van der Waals surface area contributed by atoms with Gasteiger partial charge in [-0.2, -0.15) is 0 Å². The molecule has 0 atom stereocenters. The Kier molecular flexibility index (Phi) is 5.14. The molecule has 1 saturated heterocycles. The van der Waals surface area contributed by atoms with E-state index in [4.69, 9.17) is 0 Å². The molecule has 130 valence electrons. The van der Waals surface area contributed by atoms with Crippen LogP contribution in [0.25, 0.3) is 0 Å². The number of nitrogens with zero attached hydrogens (tertiary/aromatic N) is 2. The Morgan fingerprint density at radius 2 is 1.54 bits per heavy atom. The minimum atomic E-state index is -0.512. The molecule has 1 aromatic rings. The van der Waals surface area contributed by atoms with Crippen molar-refractivity contribution in [3.05, 3.63) is 35.6 Å². The normalized spacial score (nSPS) is 24.8. The highest BCUT2D eigenvalue weighted by Crippen LogP contribution is 2.26. The number of carbonyl (C=O) groups is 2. The van der Waals surface area contributed by atoms with E-state index in [1.807, 2.05) is 0 Å². The summed E-state index contributed by atoms with van der Waals surface area (Å²) in [6.07, 6.45) is 2.55. The molecule has 2 aliphatic rings. The summed E-state index contributed by atoms with van der Waals surface area (Å²) in [6.45, 7) is 1.82. The van der Waals surface area contributed by atoms with Crippen molar-refractivity contribution in [3.63, 3.8) is 0 Å². The first-order chi connectivity index (χ1) is 11.6. The first kappa shape index (κ1) is 16.9. The van der Waals surface area contributed by atoms with Crippen LogP contribution >= 0.6 is 0 Å². The summed E-state index contributed by atoms with van der Waals surface area (Å²) in [5, 5.41) is 9.55. The second-order valence-corrected chi connectivity index (χ2v) is 6.60. The summed E-state index contributed by atoms with van der Waals surface area (Å²) >= 11 is 0. The fourth-order valence-electron chi connectivity index (χ4n) is 3.52. The number of amides is 2. The molecular formula is C18H23FN2O3. The van der Waals surface area contributed by atoms with Crippen LogP contribution in [0.3, 0.4) is 0 Å². The van der Waals surface area contributed by atoms with E-state index in [0.29, 0.717) is 39.0 Å². The zero-order valence-electron chi connectivity index (χ0n) is 13.7. The average Bonchev–Trinajstić information content (AvgIpc) is 2.62. The number of halogens is 1. The molecule has 2 amide bonds. The summed E-state index contributed by atoms with van der Waals surface area (Å²) in [5.74, 6) is -0.718. The Balaban J connectivity index is 1.55. The van der Waals surface area contributed by atoms with Gasteiger partial charge in [0.1, 0.15) is 5.82 Å². The topological polar surface area (TPSA) is 60.9 Å². The second kappa shape index (κ2) is 7.30. The first-order valence-electron chi connectivity index (χ1n) is 8.57. The zero-order chi connectivity index (χ0) is 17.1. The number of piperazine rings is 1. The van der Waals surface area contributed by atoms with Gasteiger partial charge in [-0.1, -0.05) is 12.1 Å². The van der Waals surface area contributed by atoms with Crippen molar-refractivity contribution in [2.75, 3.05) is 26.2 Å². The highest BCUT2D eigenvalue weighted by Gasteiger charge is 2.31. The van der Waals surface area contributed by atoms with Crippen molar-refractivity contribution in [1.29, 1.82) is 0 Å². The van der Waals surface area contributed by atoms with E-state index in [1.54, 1.807) is 21.9 Å². The van der Waals surface area contributed by atoms with Crippen molar-refractivity contribution in [2.45, 2.75) is 31.8 Å². The molecule has 3 rings (SSSR count). The third kappa shape index (κ3) is 3.59. The van der Waals surface area contributed by atoms with Gasteiger partial charge in [-0.05, 0) is 37.8 Å². The van der Waals surface area contributed by atoms with Crippen molar-refractivity contribution < 1.29 is 19.1 Å². The molecule has 24 heavy (non-hydrogen) atoms. The van der Waals surface area contributed by atoms with Crippen molar-refractivity contribution in [3.8, 4) is 0 Å². The van der Waals surface area contributed by atoms with Crippen molar-refractivity contribution in [1.82, 2.24) is 9.80 Å². The monoisotopic (exact) mass is 334 g/mol. The molecule has 1 heterocycles. The minimum absolute atomic E-state index is 0.0118. The van der Waals surface area contributed by atoms with Crippen LogP contribution in [0, 0.1) is 11.7 Å². The molecule has 1 N–H and O–H groups in total. The lowest BCUT2D eigenvalue weighted by atomic mass is 9.86. The van der Waals surface area contributed by atoms with E-state index in [0.717, 1.165) is 12.8 Å². The fourth-order valence-corrected chi connectivity index (χ4v) is 3.52. The largest absolute Gasteiger partial charge is 0.393 e. The summed E-state index contributed by atoms with van der Waals surface area (Å²) in [5.41, 5.74) is 0.0820. The molecule has 1 aromatic carbocycles. The molecular weight excluding hydrogens is 311 g/mol. The van der Waals surface area contributed by atoms with E-state index in [9.17, 15) is 19.1 Å². The Labute approximate surface area is 141 Å². The summed E-state index contributed by atoms with van der Waals surface area (Å²) in [7, 11) is 0. The molecule has 6 heteroatoms. The molecule has 1 saturated carbocycles. The molecule has 5 nitrogen and oxygen atoms in total. The zero-order valence-corrected chi connectivity index (χ0v) is 13.7. The fraction of sp³-hybridized carbons (Fsp3) is 0.556. The number of aliphatic hydroxyl groups excluding tert-OH is 1. The van der Waals surface area contributed by atoms with Crippen LogP contribution in [-0.2, 0) is 4.79 Å². The third-order valence-corrected chi connectivity index (χ3v) is 5.03. The van der Waals surface area contributed by atoms with Gasteiger partial charge in [-0.3, -0.25) is 9.59 Å². The SMILES string of the molecule is O=C(c1ccccc1F)N1CCN(C(=O)C2CCC(O)CC2)CC1. The lowest BCUT2D eigenvalue weighted by Crippen LogP contribution is -2.52. The molecule has 0 unspecified atom stereocenters. The predicted molar refractivity (Wildman–Crippen MR) is 86.8 cm³/mol. The van der Waals surface area contributed by atoms with Crippen molar-refractivity contribution >= 4 is 11.8 Å². The maximum atomic E-state index is 13.7. The molecule has 0 bridgehead atoms. The van der Waals surface area contributed by atoms with Gasteiger partial charge >= 0.3 is 0 Å². The number of aliphatic hydroxyl groups is 1. The van der Waals surface area contributed by atoms with Gasteiger partial charge < -0.3 is 14.9 Å². The Bertz CT molecular complexity index is 606. The molecule has 0 spiro atoms. The first-order valence-corrected chi connectivity index (χ1v) is 8.57. The lowest BCUT2D eigenvalue weighted by molar-refractivity contribution is -0.138. The van der Waals surface area contributed by atoms with Gasteiger partial charge in [0, 0.05) is 32.1 Å². The standard InChI is InChI=1S/C18H23FN2O3/c19-16-4-2-1-3-15(16)18(24)21-11-9-20(10-12-21)17(23)13-5-7-14(22)8-6-13/h1-4,13-14,22H,5-12H2. The molecule has 2 fully saturated rings. The predicted octanol–water partition coefficient (Wildman–Crippen LogP) is 1.66. The van der Waals surface area contributed by atoms with Crippen LogP contribution in [0.4, 0.5) is 4.39 Å². The van der Waals surface area contributed by atoms with Gasteiger partial charge in [-0.15, -0.1) is 0 Å². The van der Waals surface area contributed by atoms with Gasteiger partial charge in [-0.25, -0.2) is 4.39 Å². The summed E-state index contributed by atoms with van der Waals surface area (Å²) in [6, 6.07) is 5.98. The van der Waals surface area contributed by atoms with Gasteiger partial charge in [0.05, 0.1) is 11.7 Å². The number of hydrogen-bond donors (Lipinski definition) is 1. The van der Waals surface area contributed by atoms with E-state index >= 15 is 0 Å². The Morgan fingerprint density at radius 3 is 2.17 bits per heavy atom. The van der Waals surface area contributed by atoms with Crippen LogP contribution in [-0.4, -0.2) is 59.0 Å². The van der Waals surface area contributed by atoms with Crippen LogP contribution in [0.15, 0.2) is 24.3 Å². The van der Waals surface area contributed by atoms with Crippen molar-refractivity contribution in [2.24, 2.45) is 5.92 Å². The van der Waals surface area contributed by atoms with Crippen LogP contribution < -0.4 is 0 Å². The molecule has 0 aromatic heterocycles. The third-order valence-electron chi connectivity index (χ3n) is 5.03. The van der Waals surface area contributed by atoms with Gasteiger partial charge in [0.25, 0.3) is 5.91 Å². The number of hydrogen-bond acceptors (Lipinski definition) is 3. The number of rotatable bonds is 2. The quantitative estimate of drug-likeness (QED) is 0.895. The molecule has 1 aliphatic carbocycles.